The van der Waals surface area contributed by atoms with Crippen LogP contribution in [0.25, 0.3) is 0 Å². The molecule has 7 nitrogen and oxygen atoms in total. The van der Waals surface area contributed by atoms with Gasteiger partial charge in [-0.25, -0.2) is 0 Å². The third-order valence-corrected chi connectivity index (χ3v) is 6.13. The fourth-order valence-corrected chi connectivity index (χ4v) is 4.14. The SMILES string of the molecule is CC(C)CC(N)C(=O)N1CCC(C(=O)NC(C(=O)NC(C)c2ccccc2)C(C)C)CC1. The molecule has 3 atom stereocenters. The third kappa shape index (κ3) is 7.33. The summed E-state index contributed by atoms with van der Waals surface area (Å²) in [6.45, 7) is 10.9. The Hall–Kier alpha value is -2.41. The van der Waals surface area contributed by atoms with Gasteiger partial charge in [-0.15, -0.1) is 0 Å². The van der Waals surface area contributed by atoms with E-state index in [1.165, 1.54) is 0 Å². The van der Waals surface area contributed by atoms with Crippen molar-refractivity contribution >= 4 is 17.7 Å². The second kappa shape index (κ2) is 12.0. The smallest absolute Gasteiger partial charge is 0.243 e. The van der Waals surface area contributed by atoms with Crippen LogP contribution in [0.15, 0.2) is 30.3 Å². The molecule has 1 aromatic rings. The summed E-state index contributed by atoms with van der Waals surface area (Å²) in [6.07, 6.45) is 1.82. The van der Waals surface area contributed by atoms with Gasteiger partial charge in [0, 0.05) is 19.0 Å². The zero-order chi connectivity index (χ0) is 23.8. The molecule has 4 N–H and O–H groups in total. The van der Waals surface area contributed by atoms with E-state index >= 15 is 0 Å². The van der Waals surface area contributed by atoms with Crippen LogP contribution in [0.1, 0.15) is 65.5 Å². The zero-order valence-corrected chi connectivity index (χ0v) is 20.1. The summed E-state index contributed by atoms with van der Waals surface area (Å²) in [7, 11) is 0. The second-order valence-corrected chi connectivity index (χ2v) is 9.71. The van der Waals surface area contributed by atoms with Crippen molar-refractivity contribution in [1.29, 1.82) is 0 Å². The minimum Gasteiger partial charge on any atom is -0.348 e. The molecule has 0 radical (unpaired) electrons. The Labute approximate surface area is 192 Å². The lowest BCUT2D eigenvalue weighted by Gasteiger charge is -2.34. The minimum absolute atomic E-state index is 0.0353. The Morgan fingerprint density at radius 1 is 1.00 bits per heavy atom. The van der Waals surface area contributed by atoms with Gasteiger partial charge in [0.1, 0.15) is 6.04 Å². The summed E-state index contributed by atoms with van der Waals surface area (Å²) in [4.78, 5) is 40.1. The number of rotatable bonds is 9. The summed E-state index contributed by atoms with van der Waals surface area (Å²) in [6, 6.07) is 8.51. The lowest BCUT2D eigenvalue weighted by molar-refractivity contribution is -0.138. The van der Waals surface area contributed by atoms with E-state index in [-0.39, 0.29) is 35.6 Å². The number of nitrogens with two attached hydrogens (primary N) is 1. The van der Waals surface area contributed by atoms with Gasteiger partial charge in [0.2, 0.25) is 17.7 Å². The summed E-state index contributed by atoms with van der Waals surface area (Å²) < 4.78 is 0. The number of carbonyl (C=O) groups is 3. The van der Waals surface area contributed by atoms with E-state index in [9.17, 15) is 14.4 Å². The first-order valence-electron chi connectivity index (χ1n) is 11.8. The highest BCUT2D eigenvalue weighted by Crippen LogP contribution is 2.20. The van der Waals surface area contributed by atoms with Gasteiger partial charge in [-0.05, 0) is 43.6 Å². The molecule has 1 heterocycles. The average Bonchev–Trinajstić information content (AvgIpc) is 2.76. The second-order valence-electron chi connectivity index (χ2n) is 9.71. The zero-order valence-electron chi connectivity index (χ0n) is 20.1. The van der Waals surface area contributed by atoms with Gasteiger partial charge in [-0.2, -0.15) is 0 Å². The molecule has 0 bridgehead atoms. The van der Waals surface area contributed by atoms with Gasteiger partial charge in [0.25, 0.3) is 0 Å². The molecule has 0 spiro atoms. The number of hydrogen-bond donors (Lipinski definition) is 3. The van der Waals surface area contributed by atoms with Crippen LogP contribution in [0.3, 0.4) is 0 Å². The first-order valence-corrected chi connectivity index (χ1v) is 11.8. The number of hydrogen-bond acceptors (Lipinski definition) is 4. The molecule has 1 aromatic carbocycles. The number of piperidine rings is 1. The summed E-state index contributed by atoms with van der Waals surface area (Å²) >= 11 is 0. The highest BCUT2D eigenvalue weighted by molar-refractivity contribution is 5.89. The normalized spacial score (nSPS) is 17.7. The molecular weight excluding hydrogens is 404 g/mol. The molecule has 7 heteroatoms. The number of nitrogens with zero attached hydrogens (tertiary/aromatic N) is 1. The average molecular weight is 445 g/mol. The Morgan fingerprint density at radius 2 is 1.59 bits per heavy atom. The first-order chi connectivity index (χ1) is 15.1. The van der Waals surface area contributed by atoms with E-state index in [0.717, 1.165) is 5.56 Å². The monoisotopic (exact) mass is 444 g/mol. The number of amides is 3. The van der Waals surface area contributed by atoms with E-state index in [2.05, 4.69) is 10.6 Å². The molecule has 0 aliphatic carbocycles. The predicted molar refractivity (Wildman–Crippen MR) is 127 cm³/mol. The summed E-state index contributed by atoms with van der Waals surface area (Å²) in [5.41, 5.74) is 7.06. The number of benzene rings is 1. The van der Waals surface area contributed by atoms with E-state index in [0.29, 0.717) is 38.3 Å². The predicted octanol–water partition coefficient (Wildman–Crippen LogP) is 2.62. The van der Waals surface area contributed by atoms with Gasteiger partial charge in [-0.1, -0.05) is 58.0 Å². The lowest BCUT2D eigenvalue weighted by atomic mass is 9.93. The van der Waals surface area contributed by atoms with Gasteiger partial charge >= 0.3 is 0 Å². The van der Waals surface area contributed by atoms with Crippen molar-refractivity contribution in [3.63, 3.8) is 0 Å². The summed E-state index contributed by atoms with van der Waals surface area (Å²) in [5, 5.41) is 5.97. The molecule has 32 heavy (non-hydrogen) atoms. The number of nitrogens with one attached hydrogen (secondary N) is 2. The van der Waals surface area contributed by atoms with E-state index in [1.807, 2.05) is 65.0 Å². The third-order valence-electron chi connectivity index (χ3n) is 6.13. The van der Waals surface area contributed by atoms with Crippen LogP contribution in [0, 0.1) is 17.8 Å². The molecule has 1 aliphatic heterocycles. The molecule has 0 aromatic heterocycles. The van der Waals surface area contributed by atoms with Crippen LogP contribution >= 0.6 is 0 Å². The highest BCUT2D eigenvalue weighted by atomic mass is 16.2. The standard InChI is InChI=1S/C25H40N4O3/c1-16(2)15-21(26)25(32)29-13-11-20(12-14-29)23(30)28-22(17(3)4)24(31)27-18(5)19-9-7-6-8-10-19/h6-10,16-18,20-22H,11-15,26H2,1-5H3,(H,27,31)(H,28,30). The van der Waals surface area contributed by atoms with E-state index < -0.39 is 12.1 Å². The van der Waals surface area contributed by atoms with Crippen molar-refractivity contribution < 1.29 is 14.4 Å². The van der Waals surface area contributed by atoms with E-state index in [1.54, 1.807) is 4.90 Å². The molecule has 1 saturated heterocycles. The summed E-state index contributed by atoms with van der Waals surface area (Å²) in [5.74, 6) is -0.228. The molecular formula is C25H40N4O3. The molecule has 1 fully saturated rings. The Morgan fingerprint density at radius 3 is 2.12 bits per heavy atom. The van der Waals surface area contributed by atoms with Crippen LogP contribution in [0.2, 0.25) is 0 Å². The van der Waals surface area contributed by atoms with Crippen LogP contribution in [-0.2, 0) is 14.4 Å². The van der Waals surface area contributed by atoms with E-state index in [4.69, 9.17) is 5.73 Å². The van der Waals surface area contributed by atoms with Gasteiger partial charge in [0.05, 0.1) is 12.1 Å². The number of carbonyl (C=O) groups excluding carboxylic acids is 3. The highest BCUT2D eigenvalue weighted by Gasteiger charge is 2.32. The van der Waals surface area contributed by atoms with Crippen LogP contribution in [-0.4, -0.2) is 47.8 Å². The Kier molecular flexibility index (Phi) is 9.69. The molecule has 3 unspecified atom stereocenters. The van der Waals surface area contributed by atoms with Crippen LogP contribution in [0.4, 0.5) is 0 Å². The van der Waals surface area contributed by atoms with Gasteiger partial charge in [-0.3, -0.25) is 14.4 Å². The number of likely N-dealkylation sites (tertiary alicyclic amines) is 1. The topological polar surface area (TPSA) is 105 Å². The van der Waals surface area contributed by atoms with Gasteiger partial charge in [0.15, 0.2) is 0 Å². The maximum absolute atomic E-state index is 12.9. The Bertz CT molecular complexity index is 758. The van der Waals surface area contributed by atoms with Crippen LogP contribution < -0.4 is 16.4 Å². The fraction of sp³-hybridized carbons (Fsp3) is 0.640. The van der Waals surface area contributed by atoms with Gasteiger partial charge < -0.3 is 21.3 Å². The van der Waals surface area contributed by atoms with Crippen molar-refractivity contribution in [2.24, 2.45) is 23.5 Å². The fourth-order valence-electron chi connectivity index (χ4n) is 4.14. The largest absolute Gasteiger partial charge is 0.348 e. The molecule has 2 rings (SSSR count). The molecule has 3 amide bonds. The minimum atomic E-state index is -0.604. The first kappa shape index (κ1) is 25.8. The Balaban J connectivity index is 1.89. The molecule has 1 aliphatic rings. The lowest BCUT2D eigenvalue weighted by Crippen LogP contribution is -2.53. The van der Waals surface area contributed by atoms with Crippen LogP contribution in [0.5, 0.6) is 0 Å². The van der Waals surface area contributed by atoms with Crippen molar-refractivity contribution in [2.45, 2.75) is 72.0 Å². The van der Waals surface area contributed by atoms with Crippen molar-refractivity contribution in [3.05, 3.63) is 35.9 Å². The molecule has 178 valence electrons. The van der Waals surface area contributed by atoms with Crippen molar-refractivity contribution in [2.75, 3.05) is 13.1 Å². The van der Waals surface area contributed by atoms with Crippen molar-refractivity contribution in [3.8, 4) is 0 Å². The quantitative estimate of drug-likeness (QED) is 0.544. The van der Waals surface area contributed by atoms with Crippen molar-refractivity contribution in [1.82, 2.24) is 15.5 Å². The molecule has 0 saturated carbocycles. The maximum atomic E-state index is 12.9. The maximum Gasteiger partial charge on any atom is 0.243 e.